The second kappa shape index (κ2) is 6.77. The summed E-state index contributed by atoms with van der Waals surface area (Å²) < 4.78 is 0. The number of hydrogen-bond donors (Lipinski definition) is 2. The summed E-state index contributed by atoms with van der Waals surface area (Å²) in [6.45, 7) is 5.80. The summed E-state index contributed by atoms with van der Waals surface area (Å²) >= 11 is 1.47. The van der Waals surface area contributed by atoms with Gasteiger partial charge in [0, 0.05) is 16.6 Å². The average Bonchev–Trinajstić information content (AvgIpc) is 3.09. The fourth-order valence-corrected chi connectivity index (χ4v) is 4.32. The SMILES string of the molecule is Cc1ccccc1NC(=O)c1c(C(=O)NC(C)C)sc2c1CCC2. The van der Waals surface area contributed by atoms with E-state index in [2.05, 4.69) is 10.6 Å². The number of para-hydroxylation sites is 1. The number of hydrogen-bond acceptors (Lipinski definition) is 3. The second-order valence-electron chi connectivity index (χ2n) is 6.46. The van der Waals surface area contributed by atoms with E-state index in [1.165, 1.54) is 16.2 Å². The van der Waals surface area contributed by atoms with Crippen LogP contribution in [0.15, 0.2) is 24.3 Å². The fourth-order valence-electron chi connectivity index (χ4n) is 3.03. The Morgan fingerprint density at radius 1 is 1.12 bits per heavy atom. The molecule has 0 unspecified atom stereocenters. The van der Waals surface area contributed by atoms with Crippen LogP contribution < -0.4 is 10.6 Å². The lowest BCUT2D eigenvalue weighted by atomic mass is 10.1. The minimum Gasteiger partial charge on any atom is -0.349 e. The number of nitrogens with one attached hydrogen (secondary N) is 2. The summed E-state index contributed by atoms with van der Waals surface area (Å²) in [5.41, 5.74) is 3.41. The molecule has 0 bridgehead atoms. The van der Waals surface area contributed by atoms with Crippen molar-refractivity contribution in [3.8, 4) is 0 Å². The number of benzene rings is 1. The van der Waals surface area contributed by atoms with Crippen LogP contribution in [-0.2, 0) is 12.8 Å². The van der Waals surface area contributed by atoms with Gasteiger partial charge in [0.15, 0.2) is 0 Å². The number of carbonyl (C=O) groups is 2. The van der Waals surface area contributed by atoms with E-state index in [0.29, 0.717) is 10.4 Å². The highest BCUT2D eigenvalue weighted by Gasteiger charge is 2.30. The fraction of sp³-hybridized carbons (Fsp3) is 0.368. The number of anilines is 1. The first-order valence-corrected chi connectivity index (χ1v) is 9.11. The molecule has 3 rings (SSSR count). The molecule has 0 spiro atoms. The molecule has 1 heterocycles. The Kier molecular flexibility index (Phi) is 4.71. The number of rotatable bonds is 4. The molecular weight excluding hydrogens is 320 g/mol. The number of fused-ring (bicyclic) bond motifs is 1. The zero-order valence-electron chi connectivity index (χ0n) is 14.2. The van der Waals surface area contributed by atoms with E-state index in [0.717, 1.165) is 36.1 Å². The van der Waals surface area contributed by atoms with Crippen LogP contribution in [0.1, 0.15) is 56.3 Å². The van der Waals surface area contributed by atoms with E-state index in [4.69, 9.17) is 0 Å². The average molecular weight is 342 g/mol. The van der Waals surface area contributed by atoms with Crippen LogP contribution in [0.2, 0.25) is 0 Å². The number of aryl methyl sites for hydroxylation is 2. The molecule has 0 fully saturated rings. The van der Waals surface area contributed by atoms with Gasteiger partial charge in [0.05, 0.1) is 5.56 Å². The van der Waals surface area contributed by atoms with Gasteiger partial charge in [0.1, 0.15) is 4.88 Å². The van der Waals surface area contributed by atoms with Crippen LogP contribution in [0.3, 0.4) is 0 Å². The smallest absolute Gasteiger partial charge is 0.262 e. The van der Waals surface area contributed by atoms with Crippen molar-refractivity contribution in [1.29, 1.82) is 0 Å². The molecule has 2 amide bonds. The van der Waals surface area contributed by atoms with Crippen LogP contribution in [0.5, 0.6) is 0 Å². The molecule has 126 valence electrons. The molecule has 0 radical (unpaired) electrons. The predicted molar refractivity (Wildman–Crippen MR) is 98.1 cm³/mol. The van der Waals surface area contributed by atoms with Crippen molar-refractivity contribution in [3.05, 3.63) is 50.7 Å². The minimum atomic E-state index is -0.183. The zero-order valence-corrected chi connectivity index (χ0v) is 15.0. The van der Waals surface area contributed by atoms with Crippen LogP contribution >= 0.6 is 11.3 Å². The first kappa shape index (κ1) is 16.7. The van der Waals surface area contributed by atoms with Gasteiger partial charge < -0.3 is 10.6 Å². The normalized spacial score (nSPS) is 13.0. The highest BCUT2D eigenvalue weighted by Crippen LogP contribution is 2.36. The minimum absolute atomic E-state index is 0.0433. The molecule has 1 aliphatic rings. The van der Waals surface area contributed by atoms with Gasteiger partial charge in [-0.25, -0.2) is 0 Å². The Balaban J connectivity index is 1.95. The Hall–Kier alpha value is -2.14. The van der Waals surface area contributed by atoms with Crippen molar-refractivity contribution < 1.29 is 9.59 Å². The van der Waals surface area contributed by atoms with Gasteiger partial charge in [-0.05, 0) is 57.2 Å². The quantitative estimate of drug-likeness (QED) is 0.884. The lowest BCUT2D eigenvalue weighted by molar-refractivity contribution is 0.0935. The van der Waals surface area contributed by atoms with Crippen molar-refractivity contribution in [2.45, 2.75) is 46.1 Å². The molecule has 4 nitrogen and oxygen atoms in total. The molecule has 0 aliphatic heterocycles. The molecule has 1 aromatic heterocycles. The number of thiophene rings is 1. The van der Waals surface area contributed by atoms with Crippen molar-refractivity contribution in [2.75, 3.05) is 5.32 Å². The molecule has 0 saturated carbocycles. The van der Waals surface area contributed by atoms with Gasteiger partial charge in [0.2, 0.25) is 0 Å². The number of amides is 2. The largest absolute Gasteiger partial charge is 0.349 e. The third-order valence-electron chi connectivity index (χ3n) is 4.17. The maximum absolute atomic E-state index is 12.9. The summed E-state index contributed by atoms with van der Waals surface area (Å²) in [4.78, 5) is 27.2. The van der Waals surface area contributed by atoms with Gasteiger partial charge in [-0.2, -0.15) is 0 Å². The molecular formula is C19H22N2O2S. The maximum atomic E-state index is 12.9. The van der Waals surface area contributed by atoms with Crippen LogP contribution in [-0.4, -0.2) is 17.9 Å². The van der Waals surface area contributed by atoms with Gasteiger partial charge in [-0.3, -0.25) is 9.59 Å². The summed E-state index contributed by atoms with van der Waals surface area (Å²) in [7, 11) is 0. The van der Waals surface area contributed by atoms with Crippen molar-refractivity contribution in [1.82, 2.24) is 5.32 Å². The van der Waals surface area contributed by atoms with E-state index < -0.39 is 0 Å². The molecule has 0 atom stereocenters. The first-order chi connectivity index (χ1) is 11.5. The lowest BCUT2D eigenvalue weighted by Crippen LogP contribution is -2.31. The van der Waals surface area contributed by atoms with Crippen molar-refractivity contribution in [2.24, 2.45) is 0 Å². The maximum Gasteiger partial charge on any atom is 0.262 e. The molecule has 2 aromatic rings. The Morgan fingerprint density at radius 2 is 1.88 bits per heavy atom. The molecule has 1 aliphatic carbocycles. The van der Waals surface area contributed by atoms with Gasteiger partial charge in [0.25, 0.3) is 11.8 Å². The lowest BCUT2D eigenvalue weighted by Gasteiger charge is -2.12. The van der Waals surface area contributed by atoms with Gasteiger partial charge in [-0.15, -0.1) is 11.3 Å². The third-order valence-corrected chi connectivity index (χ3v) is 5.46. The Morgan fingerprint density at radius 3 is 2.58 bits per heavy atom. The summed E-state index contributed by atoms with van der Waals surface area (Å²) in [6.07, 6.45) is 2.88. The first-order valence-electron chi connectivity index (χ1n) is 8.29. The second-order valence-corrected chi connectivity index (χ2v) is 7.56. The van der Waals surface area contributed by atoms with E-state index in [1.807, 2.05) is 45.0 Å². The molecule has 0 saturated heterocycles. The van der Waals surface area contributed by atoms with Crippen LogP contribution in [0.25, 0.3) is 0 Å². The topological polar surface area (TPSA) is 58.2 Å². The summed E-state index contributed by atoms with van der Waals surface area (Å²) in [6, 6.07) is 7.72. The standard InChI is InChI=1S/C19H22N2O2S/c1-11(2)20-19(23)17-16(13-8-6-10-15(13)24-17)18(22)21-14-9-5-4-7-12(14)3/h4-5,7,9,11H,6,8,10H2,1-3H3,(H,20,23)(H,21,22). The van der Waals surface area contributed by atoms with Crippen molar-refractivity contribution in [3.63, 3.8) is 0 Å². The van der Waals surface area contributed by atoms with E-state index in [9.17, 15) is 9.59 Å². The highest BCUT2D eigenvalue weighted by molar-refractivity contribution is 7.14. The predicted octanol–water partition coefficient (Wildman–Crippen LogP) is 3.94. The Bertz CT molecular complexity index is 793. The third kappa shape index (κ3) is 3.22. The summed E-state index contributed by atoms with van der Waals surface area (Å²) in [5.74, 6) is -0.336. The highest BCUT2D eigenvalue weighted by atomic mass is 32.1. The van der Waals surface area contributed by atoms with Crippen molar-refractivity contribution >= 4 is 28.8 Å². The van der Waals surface area contributed by atoms with E-state index in [1.54, 1.807) is 0 Å². The molecule has 1 aromatic carbocycles. The van der Waals surface area contributed by atoms with E-state index >= 15 is 0 Å². The molecule has 24 heavy (non-hydrogen) atoms. The molecule has 5 heteroatoms. The Labute approximate surface area is 146 Å². The zero-order chi connectivity index (χ0) is 17.3. The van der Waals surface area contributed by atoms with Gasteiger partial charge in [-0.1, -0.05) is 18.2 Å². The van der Waals surface area contributed by atoms with E-state index in [-0.39, 0.29) is 17.9 Å². The number of carbonyl (C=O) groups excluding carboxylic acids is 2. The monoisotopic (exact) mass is 342 g/mol. The molecule has 2 N–H and O–H groups in total. The van der Waals surface area contributed by atoms with Crippen LogP contribution in [0, 0.1) is 6.92 Å². The summed E-state index contributed by atoms with van der Waals surface area (Å²) in [5, 5.41) is 5.89. The van der Waals surface area contributed by atoms with Crippen LogP contribution in [0.4, 0.5) is 5.69 Å². The van der Waals surface area contributed by atoms with Gasteiger partial charge >= 0.3 is 0 Å².